The molecule has 0 spiro atoms. The molecule has 0 aliphatic carbocycles. The Morgan fingerprint density at radius 2 is 2.09 bits per heavy atom. The Morgan fingerprint density at radius 3 is 2.87 bits per heavy atom. The lowest BCUT2D eigenvalue weighted by molar-refractivity contribution is 0.0148. The van der Waals surface area contributed by atoms with Crippen LogP contribution >= 0.6 is 0 Å². The monoisotopic (exact) mass is 310 g/mol. The summed E-state index contributed by atoms with van der Waals surface area (Å²) in [5.74, 6) is 0.730. The molecular formula is C16H14N4O3. The Labute approximate surface area is 131 Å². The number of imidazole rings is 1. The van der Waals surface area contributed by atoms with Crippen molar-refractivity contribution in [2.45, 2.75) is 18.9 Å². The summed E-state index contributed by atoms with van der Waals surface area (Å²) >= 11 is 0. The Bertz CT molecular complexity index is 845. The van der Waals surface area contributed by atoms with E-state index in [4.69, 9.17) is 9.47 Å². The molecule has 1 aliphatic heterocycles. The fraction of sp³-hybridized carbons (Fsp3) is 0.188. The first-order chi connectivity index (χ1) is 11.3. The molecule has 3 aromatic rings. The second-order valence-electron chi connectivity index (χ2n) is 5.19. The molecule has 0 bridgehead atoms. The third-order valence-electron chi connectivity index (χ3n) is 3.62. The molecule has 0 amide bonds. The van der Waals surface area contributed by atoms with Gasteiger partial charge in [0.05, 0.1) is 12.9 Å². The third kappa shape index (κ3) is 2.68. The first kappa shape index (κ1) is 13.6. The SMILES string of the molecule is O=c1ccn2c(n1)OC(C(Oc1ccccc1)n1ccnc1)C2. The molecule has 4 rings (SSSR count). The minimum Gasteiger partial charge on any atom is -0.466 e. The van der Waals surface area contributed by atoms with E-state index in [0.29, 0.717) is 12.6 Å². The van der Waals surface area contributed by atoms with E-state index in [-0.39, 0.29) is 11.7 Å². The van der Waals surface area contributed by atoms with Crippen LogP contribution in [0.1, 0.15) is 6.23 Å². The fourth-order valence-electron chi connectivity index (χ4n) is 2.55. The lowest BCUT2D eigenvalue weighted by Gasteiger charge is -2.24. The van der Waals surface area contributed by atoms with E-state index in [0.717, 1.165) is 5.75 Å². The van der Waals surface area contributed by atoms with Gasteiger partial charge in [-0.15, -0.1) is 0 Å². The predicted octanol–water partition coefficient (Wildman–Crippen LogP) is 1.48. The topological polar surface area (TPSA) is 71.2 Å². The van der Waals surface area contributed by atoms with Gasteiger partial charge in [0.1, 0.15) is 5.75 Å². The van der Waals surface area contributed by atoms with Gasteiger partial charge in [-0.05, 0) is 12.1 Å². The van der Waals surface area contributed by atoms with Gasteiger partial charge in [-0.1, -0.05) is 18.2 Å². The molecule has 2 atom stereocenters. The molecule has 1 aromatic carbocycles. The normalized spacial score (nSPS) is 17.3. The highest BCUT2D eigenvalue weighted by molar-refractivity contribution is 5.21. The van der Waals surface area contributed by atoms with E-state index in [1.807, 2.05) is 41.1 Å². The summed E-state index contributed by atoms with van der Waals surface area (Å²) in [7, 11) is 0. The maximum atomic E-state index is 11.4. The lowest BCUT2D eigenvalue weighted by atomic mass is 10.3. The number of rotatable bonds is 4. The van der Waals surface area contributed by atoms with Crippen LogP contribution in [-0.4, -0.2) is 25.2 Å². The van der Waals surface area contributed by atoms with Gasteiger partial charge in [0, 0.05) is 24.7 Å². The van der Waals surface area contributed by atoms with Crippen LogP contribution in [0.15, 0.2) is 66.1 Å². The quantitative estimate of drug-likeness (QED) is 0.730. The number of fused-ring (bicyclic) bond motifs is 1. The predicted molar refractivity (Wildman–Crippen MR) is 81.2 cm³/mol. The fourth-order valence-corrected chi connectivity index (χ4v) is 2.55. The van der Waals surface area contributed by atoms with Crippen molar-refractivity contribution < 1.29 is 9.47 Å². The number of hydrogen-bond acceptors (Lipinski definition) is 5. The highest BCUT2D eigenvalue weighted by Gasteiger charge is 2.33. The smallest absolute Gasteiger partial charge is 0.300 e. The lowest BCUT2D eigenvalue weighted by Crippen LogP contribution is -2.32. The summed E-state index contributed by atoms with van der Waals surface area (Å²) in [6.07, 6.45) is 6.12. The van der Waals surface area contributed by atoms with Crippen LogP contribution < -0.4 is 15.0 Å². The van der Waals surface area contributed by atoms with Crippen molar-refractivity contribution in [3.63, 3.8) is 0 Å². The maximum Gasteiger partial charge on any atom is 0.300 e. The van der Waals surface area contributed by atoms with Gasteiger partial charge in [0.15, 0.2) is 6.10 Å². The highest BCUT2D eigenvalue weighted by atomic mass is 16.6. The summed E-state index contributed by atoms with van der Waals surface area (Å²) in [4.78, 5) is 19.3. The molecule has 2 unspecified atom stereocenters. The average Bonchev–Trinajstić information content (AvgIpc) is 3.22. The van der Waals surface area contributed by atoms with Gasteiger partial charge in [0.25, 0.3) is 11.6 Å². The molecule has 0 saturated carbocycles. The standard InChI is InChI=1S/C16H14N4O3/c21-14-6-8-19-10-13(23-16(19)18-14)15(20-9-7-17-11-20)22-12-4-2-1-3-5-12/h1-9,11,13,15H,10H2. The van der Waals surface area contributed by atoms with Gasteiger partial charge >= 0.3 is 0 Å². The van der Waals surface area contributed by atoms with Crippen molar-refractivity contribution in [2.75, 3.05) is 0 Å². The zero-order valence-electron chi connectivity index (χ0n) is 12.1. The second-order valence-corrected chi connectivity index (χ2v) is 5.19. The first-order valence-corrected chi connectivity index (χ1v) is 7.23. The Hall–Kier alpha value is -3.09. The summed E-state index contributed by atoms with van der Waals surface area (Å²) in [6, 6.07) is 11.2. The molecule has 2 aromatic heterocycles. The number of nitrogens with zero attached hydrogens (tertiary/aromatic N) is 4. The highest BCUT2D eigenvalue weighted by Crippen LogP contribution is 2.27. The molecule has 7 nitrogen and oxygen atoms in total. The molecule has 1 aliphatic rings. The molecule has 0 radical (unpaired) electrons. The van der Waals surface area contributed by atoms with Crippen molar-refractivity contribution in [3.8, 4) is 11.8 Å². The van der Waals surface area contributed by atoms with Crippen molar-refractivity contribution in [1.29, 1.82) is 0 Å². The van der Waals surface area contributed by atoms with Crippen LogP contribution in [-0.2, 0) is 6.54 Å². The molecule has 0 fully saturated rings. The van der Waals surface area contributed by atoms with Gasteiger partial charge in [0.2, 0.25) is 6.23 Å². The first-order valence-electron chi connectivity index (χ1n) is 7.23. The zero-order valence-corrected chi connectivity index (χ0v) is 12.1. The largest absolute Gasteiger partial charge is 0.466 e. The molecule has 0 saturated heterocycles. The molecule has 0 N–H and O–H groups in total. The molecule has 3 heterocycles. The van der Waals surface area contributed by atoms with Crippen LogP contribution in [0.25, 0.3) is 0 Å². The van der Waals surface area contributed by atoms with Crippen molar-refractivity contribution >= 4 is 0 Å². The minimum absolute atomic E-state index is 0.310. The van der Waals surface area contributed by atoms with E-state index >= 15 is 0 Å². The van der Waals surface area contributed by atoms with E-state index in [1.165, 1.54) is 6.07 Å². The maximum absolute atomic E-state index is 11.4. The van der Waals surface area contributed by atoms with Crippen LogP contribution in [0.2, 0.25) is 0 Å². The van der Waals surface area contributed by atoms with Crippen molar-refractivity contribution in [3.05, 3.63) is 71.7 Å². The van der Waals surface area contributed by atoms with Gasteiger partial charge in [-0.2, -0.15) is 4.98 Å². The Morgan fingerprint density at radius 1 is 1.22 bits per heavy atom. The summed E-state index contributed by atoms with van der Waals surface area (Å²) in [5, 5.41) is 0. The van der Waals surface area contributed by atoms with Crippen molar-refractivity contribution in [2.24, 2.45) is 0 Å². The molecule has 23 heavy (non-hydrogen) atoms. The van der Waals surface area contributed by atoms with Crippen LogP contribution in [0, 0.1) is 0 Å². The Kier molecular flexibility index (Phi) is 3.30. The minimum atomic E-state index is -0.420. The third-order valence-corrected chi connectivity index (χ3v) is 3.62. The molecular weight excluding hydrogens is 296 g/mol. The van der Waals surface area contributed by atoms with E-state index in [1.54, 1.807) is 23.3 Å². The number of para-hydroxylation sites is 1. The van der Waals surface area contributed by atoms with E-state index in [9.17, 15) is 4.79 Å². The van der Waals surface area contributed by atoms with E-state index in [2.05, 4.69) is 9.97 Å². The van der Waals surface area contributed by atoms with Gasteiger partial charge in [-0.25, -0.2) is 4.98 Å². The van der Waals surface area contributed by atoms with Crippen LogP contribution in [0.5, 0.6) is 11.8 Å². The summed E-state index contributed by atoms with van der Waals surface area (Å²) in [5.41, 5.74) is -0.319. The number of ether oxygens (including phenoxy) is 2. The van der Waals surface area contributed by atoms with Crippen LogP contribution in [0.4, 0.5) is 0 Å². The van der Waals surface area contributed by atoms with Gasteiger partial charge in [-0.3, -0.25) is 13.9 Å². The van der Waals surface area contributed by atoms with Crippen molar-refractivity contribution in [1.82, 2.24) is 19.1 Å². The summed E-state index contributed by atoms with van der Waals surface area (Å²) in [6.45, 7) is 0.540. The summed E-state index contributed by atoms with van der Waals surface area (Å²) < 4.78 is 15.5. The van der Waals surface area contributed by atoms with Crippen LogP contribution in [0.3, 0.4) is 0 Å². The zero-order chi connectivity index (χ0) is 15.6. The van der Waals surface area contributed by atoms with E-state index < -0.39 is 6.23 Å². The number of benzene rings is 1. The second kappa shape index (κ2) is 5.60. The average molecular weight is 310 g/mol. The Balaban J connectivity index is 1.63. The number of hydrogen-bond donors (Lipinski definition) is 0. The molecule has 116 valence electrons. The van der Waals surface area contributed by atoms with Gasteiger partial charge < -0.3 is 9.47 Å². The molecule has 7 heteroatoms. The number of aromatic nitrogens is 4.